The predicted molar refractivity (Wildman–Crippen MR) is 197 cm³/mol. The Morgan fingerprint density at radius 3 is 2.49 bits per heavy atom. The van der Waals surface area contributed by atoms with E-state index in [1.54, 1.807) is 0 Å². The van der Waals surface area contributed by atoms with Gasteiger partial charge in [-0.1, -0.05) is 31.2 Å². The maximum absolute atomic E-state index is 13.8. The lowest BCUT2D eigenvalue weighted by molar-refractivity contribution is -0.145. The van der Waals surface area contributed by atoms with E-state index < -0.39 is 0 Å². The fourth-order valence-corrected chi connectivity index (χ4v) is 7.80. The number of aromatic nitrogens is 1. The molecular formula is C41H50N4O6. The van der Waals surface area contributed by atoms with Crippen LogP contribution in [0.4, 0.5) is 10.5 Å². The van der Waals surface area contributed by atoms with E-state index in [1.807, 2.05) is 59.5 Å². The fraction of sp³-hybridized carbons (Fsp3) is 0.463. The number of hydrogen-bond acceptors (Lipinski definition) is 8. The van der Waals surface area contributed by atoms with Crippen molar-refractivity contribution in [3.63, 3.8) is 0 Å². The molecule has 3 aliphatic rings. The molecule has 1 saturated carbocycles. The van der Waals surface area contributed by atoms with Crippen LogP contribution in [0.25, 0.3) is 10.9 Å². The first-order valence-corrected chi connectivity index (χ1v) is 18.6. The number of nitrogens with one attached hydrogen (secondary N) is 1. The molecule has 51 heavy (non-hydrogen) atoms. The van der Waals surface area contributed by atoms with E-state index in [0.717, 1.165) is 99.3 Å². The van der Waals surface area contributed by atoms with Crippen LogP contribution in [0.3, 0.4) is 0 Å². The molecule has 0 radical (unpaired) electrons. The van der Waals surface area contributed by atoms with Gasteiger partial charge in [0.05, 0.1) is 19.3 Å². The number of benzene rings is 3. The minimum atomic E-state index is -0.387. The Balaban J connectivity index is 1.000. The summed E-state index contributed by atoms with van der Waals surface area (Å²) < 4.78 is 23.4. The van der Waals surface area contributed by atoms with Gasteiger partial charge in [-0.05, 0) is 110 Å². The third-order valence-electron chi connectivity index (χ3n) is 10.7. The lowest BCUT2D eigenvalue weighted by Crippen LogP contribution is -2.42. The summed E-state index contributed by atoms with van der Waals surface area (Å²) in [5.41, 5.74) is 12.2. The second-order valence-electron chi connectivity index (χ2n) is 14.1. The molecule has 2 fully saturated rings. The highest BCUT2D eigenvalue weighted by Crippen LogP contribution is 2.40. The topological polar surface area (TPSA) is 119 Å². The molecular weight excluding hydrogens is 644 g/mol. The van der Waals surface area contributed by atoms with Crippen molar-refractivity contribution < 1.29 is 28.5 Å². The van der Waals surface area contributed by atoms with E-state index in [4.69, 9.17) is 24.7 Å². The summed E-state index contributed by atoms with van der Waals surface area (Å²) in [5.74, 6) is 1.55. The highest BCUT2D eigenvalue weighted by molar-refractivity contribution is 5.88. The van der Waals surface area contributed by atoms with E-state index in [9.17, 15) is 9.59 Å². The van der Waals surface area contributed by atoms with Gasteiger partial charge in [0, 0.05) is 54.9 Å². The van der Waals surface area contributed by atoms with Crippen molar-refractivity contribution >= 4 is 28.7 Å². The number of amides is 1. The number of fused-ring (bicyclic) bond motifs is 3. The van der Waals surface area contributed by atoms with Gasteiger partial charge < -0.3 is 29.7 Å². The van der Waals surface area contributed by atoms with Crippen LogP contribution in [0, 0.1) is 5.92 Å². The van der Waals surface area contributed by atoms with Crippen molar-refractivity contribution in [1.29, 1.82) is 0 Å². The lowest BCUT2D eigenvalue weighted by Gasteiger charge is -2.35. The predicted octanol–water partition coefficient (Wildman–Crippen LogP) is 7.05. The number of hydrogen-bond donors (Lipinski definition) is 2. The Morgan fingerprint density at radius 2 is 1.71 bits per heavy atom. The van der Waals surface area contributed by atoms with Gasteiger partial charge in [-0.25, -0.2) is 4.79 Å². The van der Waals surface area contributed by atoms with Crippen LogP contribution in [0.15, 0.2) is 66.7 Å². The molecule has 10 heteroatoms. The summed E-state index contributed by atoms with van der Waals surface area (Å²) in [6.45, 7) is 7.10. The quantitative estimate of drug-likeness (QED) is 0.103. The Bertz CT molecular complexity index is 1780. The van der Waals surface area contributed by atoms with Crippen molar-refractivity contribution in [3.05, 3.63) is 89.1 Å². The minimum Gasteiger partial charge on any atom is -0.490 e. The third kappa shape index (κ3) is 8.51. The number of nitrogens with zero attached hydrogens (tertiary/aromatic N) is 2. The molecule has 4 aromatic rings. The molecule has 3 heterocycles. The third-order valence-corrected chi connectivity index (χ3v) is 10.7. The highest BCUT2D eigenvalue weighted by Gasteiger charge is 2.36. The zero-order valence-corrected chi connectivity index (χ0v) is 29.6. The Hall–Kier alpha value is -4.54. The Morgan fingerprint density at radius 1 is 0.922 bits per heavy atom. The molecule has 1 aliphatic carbocycles. The molecule has 3 unspecified atom stereocenters. The molecule has 1 saturated heterocycles. The van der Waals surface area contributed by atoms with Crippen LogP contribution in [-0.4, -0.2) is 78.9 Å². The number of nitrogen functional groups attached to an aromatic ring is 1. The molecule has 10 nitrogen and oxygen atoms in total. The number of H-pyrrole nitrogens is 1. The van der Waals surface area contributed by atoms with E-state index in [2.05, 4.69) is 28.9 Å². The number of ether oxygens (including phenoxy) is 4. The smallest absolute Gasteiger partial charge is 0.416 e. The molecule has 270 valence electrons. The lowest BCUT2D eigenvalue weighted by atomic mass is 9.92. The van der Waals surface area contributed by atoms with Crippen LogP contribution < -0.4 is 15.2 Å². The zero-order valence-electron chi connectivity index (χ0n) is 29.6. The number of carbonyl (C=O) groups is 2. The fourth-order valence-electron chi connectivity index (χ4n) is 7.80. The number of aryl methyl sites for hydroxylation is 1. The van der Waals surface area contributed by atoms with Crippen molar-refractivity contribution in [3.8, 4) is 11.5 Å². The van der Waals surface area contributed by atoms with Gasteiger partial charge in [0.2, 0.25) is 0 Å². The van der Waals surface area contributed by atoms with Gasteiger partial charge in [0.1, 0.15) is 24.1 Å². The number of rotatable bonds is 10. The van der Waals surface area contributed by atoms with Gasteiger partial charge in [-0.15, -0.1) is 0 Å². The molecule has 1 amide bonds. The Kier molecular flexibility index (Phi) is 11.1. The SMILES string of the molecule is CCc1ccc(OC(=O)N2CCc3c([nH]c4ccc(N)cc34)C2c2ccc(OC3CCCC(CC(=O)OCCN4CCOCC4)CC3)cc2)cc1. The normalized spacial score (nSPS) is 21.1. The molecule has 1 aromatic heterocycles. The number of morpholine rings is 1. The molecule has 0 bridgehead atoms. The van der Waals surface area contributed by atoms with Crippen molar-refractivity contribution in [2.24, 2.45) is 5.92 Å². The summed E-state index contributed by atoms with van der Waals surface area (Å²) in [6, 6.07) is 21.3. The molecule has 0 spiro atoms. The van der Waals surface area contributed by atoms with Gasteiger partial charge in [-0.2, -0.15) is 0 Å². The van der Waals surface area contributed by atoms with Crippen molar-refractivity contribution in [2.45, 2.75) is 70.4 Å². The monoisotopic (exact) mass is 694 g/mol. The Labute approximate surface area is 300 Å². The summed E-state index contributed by atoms with van der Waals surface area (Å²) in [5, 5.41) is 1.09. The van der Waals surface area contributed by atoms with Crippen molar-refractivity contribution in [1.82, 2.24) is 14.8 Å². The van der Waals surface area contributed by atoms with Crippen LogP contribution >= 0.6 is 0 Å². The highest BCUT2D eigenvalue weighted by atomic mass is 16.6. The maximum atomic E-state index is 13.8. The molecule has 3 N–H and O–H groups in total. The number of nitrogens with two attached hydrogens (primary N) is 1. The largest absolute Gasteiger partial charge is 0.490 e. The number of aromatic amines is 1. The van der Waals surface area contributed by atoms with Crippen LogP contribution in [0.5, 0.6) is 11.5 Å². The average molecular weight is 695 g/mol. The van der Waals surface area contributed by atoms with Crippen LogP contribution in [-0.2, 0) is 27.1 Å². The molecule has 3 aromatic carbocycles. The first-order valence-electron chi connectivity index (χ1n) is 18.6. The first kappa shape index (κ1) is 34.9. The van der Waals surface area contributed by atoms with Gasteiger partial charge in [0.25, 0.3) is 0 Å². The average Bonchev–Trinajstić information content (AvgIpc) is 3.37. The van der Waals surface area contributed by atoms with Crippen LogP contribution in [0.1, 0.15) is 73.9 Å². The second-order valence-corrected chi connectivity index (χ2v) is 14.1. The molecule has 3 atom stereocenters. The number of esters is 1. The van der Waals surface area contributed by atoms with E-state index in [1.165, 1.54) is 11.1 Å². The summed E-state index contributed by atoms with van der Waals surface area (Å²) >= 11 is 0. The maximum Gasteiger partial charge on any atom is 0.416 e. The van der Waals surface area contributed by atoms with Crippen molar-refractivity contribution in [2.75, 3.05) is 51.7 Å². The first-order chi connectivity index (χ1) is 24.9. The molecule has 7 rings (SSSR count). The zero-order chi connectivity index (χ0) is 35.2. The van der Waals surface area contributed by atoms with Gasteiger partial charge in [-0.3, -0.25) is 14.6 Å². The molecule has 2 aliphatic heterocycles. The summed E-state index contributed by atoms with van der Waals surface area (Å²) in [4.78, 5) is 34.1. The number of carbonyl (C=O) groups excluding carboxylic acids is 2. The second kappa shape index (κ2) is 16.2. The number of anilines is 1. The van der Waals surface area contributed by atoms with E-state index in [0.29, 0.717) is 43.3 Å². The van der Waals surface area contributed by atoms with E-state index >= 15 is 0 Å². The van der Waals surface area contributed by atoms with Gasteiger partial charge in [0.15, 0.2) is 0 Å². The van der Waals surface area contributed by atoms with E-state index in [-0.39, 0.29) is 24.2 Å². The minimum absolute atomic E-state index is 0.0872. The summed E-state index contributed by atoms with van der Waals surface area (Å²) in [7, 11) is 0. The van der Waals surface area contributed by atoms with Gasteiger partial charge >= 0.3 is 12.1 Å². The summed E-state index contributed by atoms with van der Waals surface area (Å²) in [6.07, 6.45) is 6.59. The van der Waals surface area contributed by atoms with Crippen LogP contribution in [0.2, 0.25) is 0 Å². The standard InChI is InChI=1S/C41H50N4O6/c1-2-28-6-12-34(13-7-28)51-41(47)45-19-18-35-36-27-31(42)11-17-37(36)43-39(35)40(45)30-9-15-33(16-10-30)50-32-5-3-4-29(8-14-32)26-38(46)49-25-22-44-20-23-48-24-21-44/h6-7,9-13,15-17,27,29,32,40,43H,2-5,8,14,18-26,42H2,1H3.